The SMILES string of the molecule is CCCCCCc1ccc(-c2cc(C)c(-n3nc(C)nc3-c3ccccc3)c(C)c2)cc1. The maximum absolute atomic E-state index is 4.74. The summed E-state index contributed by atoms with van der Waals surface area (Å²) in [6.45, 7) is 8.54. The molecule has 0 radical (unpaired) electrons. The highest BCUT2D eigenvalue weighted by atomic mass is 15.4. The third kappa shape index (κ3) is 4.83. The van der Waals surface area contributed by atoms with Crippen LogP contribution in [0.2, 0.25) is 0 Å². The smallest absolute Gasteiger partial charge is 0.163 e. The first kappa shape index (κ1) is 22.0. The van der Waals surface area contributed by atoms with Gasteiger partial charge in [-0.25, -0.2) is 9.67 Å². The number of nitrogens with zero attached hydrogens (tertiary/aromatic N) is 3. The van der Waals surface area contributed by atoms with E-state index in [4.69, 9.17) is 10.1 Å². The van der Waals surface area contributed by atoms with E-state index in [1.54, 1.807) is 0 Å². The van der Waals surface area contributed by atoms with E-state index < -0.39 is 0 Å². The highest BCUT2D eigenvalue weighted by Crippen LogP contribution is 2.30. The predicted molar refractivity (Wildman–Crippen MR) is 134 cm³/mol. The zero-order valence-corrected chi connectivity index (χ0v) is 19.7. The van der Waals surface area contributed by atoms with Crippen LogP contribution in [0.25, 0.3) is 28.2 Å². The Bertz CT molecular complexity index is 1150. The Balaban J connectivity index is 1.63. The molecule has 0 unspecified atom stereocenters. The minimum atomic E-state index is 0.779. The van der Waals surface area contributed by atoms with E-state index in [0.717, 1.165) is 22.9 Å². The van der Waals surface area contributed by atoms with Gasteiger partial charge in [-0.2, -0.15) is 5.10 Å². The zero-order chi connectivity index (χ0) is 22.5. The van der Waals surface area contributed by atoms with Crippen LogP contribution < -0.4 is 0 Å². The van der Waals surface area contributed by atoms with E-state index in [9.17, 15) is 0 Å². The molecule has 0 aliphatic carbocycles. The van der Waals surface area contributed by atoms with Gasteiger partial charge >= 0.3 is 0 Å². The maximum Gasteiger partial charge on any atom is 0.163 e. The molecule has 0 aliphatic heterocycles. The van der Waals surface area contributed by atoms with Gasteiger partial charge in [0.2, 0.25) is 0 Å². The van der Waals surface area contributed by atoms with Gasteiger partial charge in [-0.3, -0.25) is 0 Å². The van der Waals surface area contributed by atoms with Crippen LogP contribution in [-0.2, 0) is 6.42 Å². The first-order valence-electron chi connectivity index (χ1n) is 11.8. The van der Waals surface area contributed by atoms with Gasteiger partial charge in [0.25, 0.3) is 0 Å². The minimum absolute atomic E-state index is 0.779. The molecule has 3 nitrogen and oxygen atoms in total. The Kier molecular flexibility index (Phi) is 6.84. The van der Waals surface area contributed by atoms with Crippen LogP contribution in [0.15, 0.2) is 66.7 Å². The first-order chi connectivity index (χ1) is 15.6. The molecule has 3 aromatic carbocycles. The molecule has 32 heavy (non-hydrogen) atoms. The molecular weight excluding hydrogens is 390 g/mol. The first-order valence-corrected chi connectivity index (χ1v) is 11.8. The zero-order valence-electron chi connectivity index (χ0n) is 19.7. The molecule has 0 bridgehead atoms. The molecule has 1 aromatic heterocycles. The second-order valence-corrected chi connectivity index (χ2v) is 8.73. The summed E-state index contributed by atoms with van der Waals surface area (Å²) in [5, 5.41) is 4.74. The number of hydrogen-bond donors (Lipinski definition) is 0. The fraction of sp³-hybridized carbons (Fsp3) is 0.310. The monoisotopic (exact) mass is 423 g/mol. The topological polar surface area (TPSA) is 30.7 Å². The third-order valence-corrected chi connectivity index (χ3v) is 6.05. The van der Waals surface area contributed by atoms with Crippen LogP contribution in [-0.4, -0.2) is 14.8 Å². The molecular formula is C29H33N3. The van der Waals surface area contributed by atoms with E-state index in [-0.39, 0.29) is 0 Å². The van der Waals surface area contributed by atoms with Crippen molar-refractivity contribution in [1.82, 2.24) is 14.8 Å². The normalized spacial score (nSPS) is 11.1. The number of aromatic nitrogens is 3. The minimum Gasteiger partial charge on any atom is -0.212 e. The summed E-state index contributed by atoms with van der Waals surface area (Å²) in [6, 6.07) is 23.9. The van der Waals surface area contributed by atoms with Crippen molar-refractivity contribution in [2.45, 2.75) is 59.8 Å². The van der Waals surface area contributed by atoms with Crippen LogP contribution in [0.3, 0.4) is 0 Å². The Labute approximate surface area is 192 Å². The highest BCUT2D eigenvalue weighted by molar-refractivity contribution is 5.70. The van der Waals surface area contributed by atoms with E-state index in [2.05, 4.69) is 69.3 Å². The molecule has 0 N–H and O–H groups in total. The molecule has 3 heteroatoms. The van der Waals surface area contributed by atoms with Gasteiger partial charge < -0.3 is 0 Å². The van der Waals surface area contributed by atoms with Crippen molar-refractivity contribution in [2.24, 2.45) is 0 Å². The Morgan fingerprint density at radius 3 is 2.06 bits per heavy atom. The van der Waals surface area contributed by atoms with Gasteiger partial charge in [0.1, 0.15) is 5.82 Å². The molecule has 4 rings (SSSR count). The van der Waals surface area contributed by atoms with Crippen LogP contribution in [0.5, 0.6) is 0 Å². The number of aryl methyl sites for hydroxylation is 4. The van der Waals surface area contributed by atoms with Crippen molar-refractivity contribution in [2.75, 3.05) is 0 Å². The summed E-state index contributed by atoms with van der Waals surface area (Å²) < 4.78 is 2.00. The molecule has 0 spiro atoms. The molecule has 0 saturated carbocycles. The van der Waals surface area contributed by atoms with Crippen molar-refractivity contribution in [3.05, 3.63) is 89.2 Å². The van der Waals surface area contributed by atoms with Crippen LogP contribution in [0.4, 0.5) is 0 Å². The predicted octanol–water partition coefficient (Wildman–Crippen LogP) is 7.65. The molecule has 0 aliphatic rings. The van der Waals surface area contributed by atoms with E-state index in [1.165, 1.54) is 59.9 Å². The molecule has 1 heterocycles. The second-order valence-electron chi connectivity index (χ2n) is 8.73. The fourth-order valence-electron chi connectivity index (χ4n) is 4.42. The molecule has 0 fully saturated rings. The van der Waals surface area contributed by atoms with Crippen molar-refractivity contribution in [3.8, 4) is 28.2 Å². The van der Waals surface area contributed by atoms with E-state index >= 15 is 0 Å². The Morgan fingerprint density at radius 1 is 0.719 bits per heavy atom. The standard InChI is InChI=1S/C29H33N3/c1-5-6-7-9-12-24-15-17-25(18-16-24)27-19-21(2)28(22(3)20-27)32-29(30-23(4)31-32)26-13-10-8-11-14-26/h8,10-11,13-20H,5-7,9,12H2,1-4H3. The lowest BCUT2D eigenvalue weighted by Crippen LogP contribution is -2.05. The van der Waals surface area contributed by atoms with Crippen LogP contribution in [0, 0.1) is 20.8 Å². The van der Waals surface area contributed by atoms with Crippen molar-refractivity contribution in [3.63, 3.8) is 0 Å². The average molecular weight is 424 g/mol. The largest absolute Gasteiger partial charge is 0.212 e. The molecule has 0 saturated heterocycles. The van der Waals surface area contributed by atoms with Crippen molar-refractivity contribution in [1.29, 1.82) is 0 Å². The Hall–Kier alpha value is -3.20. The summed E-state index contributed by atoms with van der Waals surface area (Å²) in [5.74, 6) is 1.66. The number of hydrogen-bond acceptors (Lipinski definition) is 2. The molecule has 0 amide bonds. The average Bonchev–Trinajstić information content (AvgIpc) is 3.18. The van der Waals surface area contributed by atoms with Gasteiger partial charge in [-0.15, -0.1) is 0 Å². The summed E-state index contributed by atoms with van der Waals surface area (Å²) in [7, 11) is 0. The third-order valence-electron chi connectivity index (χ3n) is 6.05. The highest BCUT2D eigenvalue weighted by Gasteiger charge is 2.16. The second kappa shape index (κ2) is 9.95. The Morgan fingerprint density at radius 2 is 1.41 bits per heavy atom. The van der Waals surface area contributed by atoms with Crippen LogP contribution in [0.1, 0.15) is 55.1 Å². The van der Waals surface area contributed by atoms with E-state index in [0.29, 0.717) is 0 Å². The molecule has 4 aromatic rings. The van der Waals surface area contributed by atoms with Crippen molar-refractivity contribution >= 4 is 0 Å². The van der Waals surface area contributed by atoms with Crippen LogP contribution >= 0.6 is 0 Å². The van der Waals surface area contributed by atoms with Gasteiger partial charge in [-0.1, -0.05) is 80.8 Å². The summed E-state index contributed by atoms with van der Waals surface area (Å²) in [6.07, 6.45) is 6.39. The van der Waals surface area contributed by atoms with Gasteiger partial charge in [0, 0.05) is 5.56 Å². The maximum atomic E-state index is 4.74. The lowest BCUT2D eigenvalue weighted by atomic mass is 9.97. The molecule has 164 valence electrons. The van der Waals surface area contributed by atoms with Gasteiger partial charge in [-0.05, 0) is 73.6 Å². The summed E-state index contributed by atoms with van der Waals surface area (Å²) in [4.78, 5) is 4.72. The van der Waals surface area contributed by atoms with E-state index in [1.807, 2.05) is 29.8 Å². The quantitative estimate of drug-likeness (QED) is 0.272. The number of rotatable bonds is 8. The number of unbranched alkanes of at least 4 members (excludes halogenated alkanes) is 3. The lowest BCUT2D eigenvalue weighted by Gasteiger charge is -2.15. The van der Waals surface area contributed by atoms with Gasteiger partial charge in [0.15, 0.2) is 5.82 Å². The number of benzene rings is 3. The lowest BCUT2D eigenvalue weighted by molar-refractivity contribution is 0.667. The summed E-state index contributed by atoms with van der Waals surface area (Å²) >= 11 is 0. The molecule has 0 atom stereocenters. The van der Waals surface area contributed by atoms with Gasteiger partial charge in [0.05, 0.1) is 5.69 Å². The van der Waals surface area contributed by atoms with Crippen molar-refractivity contribution < 1.29 is 0 Å². The summed E-state index contributed by atoms with van der Waals surface area (Å²) in [5.41, 5.74) is 8.53. The fourth-order valence-corrected chi connectivity index (χ4v) is 4.42.